The number of benzene rings is 4. The lowest BCUT2D eigenvalue weighted by molar-refractivity contribution is 0.102. The molecule has 4 aromatic carbocycles. The minimum Gasteiger partial charge on any atom is -0.324 e. The number of fused-ring (bicyclic) bond motifs is 1. The first-order valence-electron chi connectivity index (χ1n) is 12.3. The summed E-state index contributed by atoms with van der Waals surface area (Å²) in [6.07, 6.45) is 0. The number of aryl methyl sites for hydroxylation is 1. The van der Waals surface area contributed by atoms with E-state index >= 15 is 0 Å². The zero-order valence-electron chi connectivity index (χ0n) is 21.5. The van der Waals surface area contributed by atoms with Gasteiger partial charge in [0.25, 0.3) is 5.91 Å². The zero-order valence-corrected chi connectivity index (χ0v) is 22.3. The third kappa shape index (κ3) is 5.67. The van der Waals surface area contributed by atoms with Crippen LogP contribution in [0.1, 0.15) is 21.5 Å². The van der Waals surface area contributed by atoms with Gasteiger partial charge in [0.2, 0.25) is 5.95 Å². The van der Waals surface area contributed by atoms with Crippen molar-refractivity contribution < 1.29 is 4.79 Å². The Bertz CT molecular complexity index is 1620. The van der Waals surface area contributed by atoms with Crippen LogP contribution in [-0.2, 0) is 6.54 Å². The van der Waals surface area contributed by atoms with Crippen molar-refractivity contribution in [1.29, 1.82) is 0 Å². The highest BCUT2D eigenvalue weighted by atomic mass is 35.5. The molecule has 0 saturated heterocycles. The average molecular weight is 522 g/mol. The van der Waals surface area contributed by atoms with E-state index in [0.717, 1.165) is 44.7 Å². The molecule has 0 spiro atoms. The molecule has 0 fully saturated rings. The number of carbonyl (C=O) groups excluding carboxylic acids is 1. The molecule has 1 aromatic heterocycles. The lowest BCUT2D eigenvalue weighted by Crippen LogP contribution is -2.16. The van der Waals surface area contributed by atoms with Gasteiger partial charge in [-0.2, -0.15) is 0 Å². The molecule has 0 aliphatic heterocycles. The van der Waals surface area contributed by atoms with E-state index in [-0.39, 0.29) is 5.91 Å². The fourth-order valence-corrected chi connectivity index (χ4v) is 4.56. The molecule has 2 N–H and O–H groups in total. The minimum absolute atomic E-state index is 0.144. The van der Waals surface area contributed by atoms with Crippen molar-refractivity contribution in [3.05, 3.63) is 113 Å². The summed E-state index contributed by atoms with van der Waals surface area (Å²) in [5.41, 5.74) is 6.74. The molecule has 5 aromatic rings. The number of nitrogens with zero attached hydrogens (tertiary/aromatic N) is 3. The molecular formula is C31H28ClN5O. The smallest absolute Gasteiger partial charge is 0.255 e. The first-order valence-corrected chi connectivity index (χ1v) is 12.7. The van der Waals surface area contributed by atoms with Gasteiger partial charge >= 0.3 is 0 Å². The Kier molecular flexibility index (Phi) is 7.36. The number of rotatable bonds is 7. The van der Waals surface area contributed by atoms with Gasteiger partial charge in [-0.05, 0) is 74.6 Å². The molecule has 7 heteroatoms. The van der Waals surface area contributed by atoms with E-state index < -0.39 is 0 Å². The highest BCUT2D eigenvalue weighted by Gasteiger charge is 2.15. The standard InChI is InChI=1S/C31H28ClN5O/c1-20-16-28(23(19-37(2)3)18-27(20)33-30(38)21-10-5-4-6-11-21)35-31-34-26-15-8-7-14-25(26)29(36-31)22-12-9-13-24(32)17-22/h4-18H,19H2,1-3H3,(H,33,38)(H,34,35,36). The van der Waals surface area contributed by atoms with Crippen LogP contribution in [0.2, 0.25) is 5.02 Å². The number of hydrogen-bond donors (Lipinski definition) is 2. The molecule has 5 rings (SSSR count). The third-order valence-corrected chi connectivity index (χ3v) is 6.40. The van der Waals surface area contributed by atoms with Crippen LogP contribution in [0.5, 0.6) is 0 Å². The second-order valence-electron chi connectivity index (χ2n) is 9.43. The summed E-state index contributed by atoms with van der Waals surface area (Å²) >= 11 is 6.30. The first kappa shape index (κ1) is 25.4. The molecule has 0 bridgehead atoms. The number of halogens is 1. The van der Waals surface area contributed by atoms with Gasteiger partial charge in [-0.3, -0.25) is 4.79 Å². The minimum atomic E-state index is -0.144. The molecule has 190 valence electrons. The lowest BCUT2D eigenvalue weighted by atomic mass is 10.1. The van der Waals surface area contributed by atoms with E-state index in [4.69, 9.17) is 21.6 Å². The second-order valence-corrected chi connectivity index (χ2v) is 9.87. The van der Waals surface area contributed by atoms with E-state index in [9.17, 15) is 4.79 Å². The maximum atomic E-state index is 12.8. The number of nitrogens with one attached hydrogen (secondary N) is 2. The Morgan fingerprint density at radius 3 is 2.39 bits per heavy atom. The zero-order chi connectivity index (χ0) is 26.6. The molecule has 6 nitrogen and oxygen atoms in total. The highest BCUT2D eigenvalue weighted by molar-refractivity contribution is 6.30. The third-order valence-electron chi connectivity index (χ3n) is 6.17. The van der Waals surface area contributed by atoms with Gasteiger partial charge < -0.3 is 15.5 Å². The van der Waals surface area contributed by atoms with Crippen molar-refractivity contribution in [3.8, 4) is 11.3 Å². The molecule has 0 atom stereocenters. The van der Waals surface area contributed by atoms with Gasteiger partial charge in [0.1, 0.15) is 0 Å². The first-order chi connectivity index (χ1) is 18.4. The summed E-state index contributed by atoms with van der Waals surface area (Å²) in [4.78, 5) is 24.6. The average Bonchev–Trinajstić information content (AvgIpc) is 2.91. The van der Waals surface area contributed by atoms with Crippen LogP contribution in [0, 0.1) is 6.92 Å². The molecule has 38 heavy (non-hydrogen) atoms. The number of aromatic nitrogens is 2. The summed E-state index contributed by atoms with van der Waals surface area (Å²) in [6, 6.07) is 28.9. The van der Waals surface area contributed by atoms with Crippen molar-refractivity contribution in [2.45, 2.75) is 13.5 Å². The van der Waals surface area contributed by atoms with Gasteiger partial charge in [-0.15, -0.1) is 0 Å². The molecule has 0 aliphatic carbocycles. The summed E-state index contributed by atoms with van der Waals surface area (Å²) in [6.45, 7) is 2.63. The van der Waals surface area contributed by atoms with Gasteiger partial charge in [-0.25, -0.2) is 9.97 Å². The summed E-state index contributed by atoms with van der Waals surface area (Å²) in [5.74, 6) is 0.341. The molecule has 0 unspecified atom stereocenters. The molecule has 0 aliphatic rings. The Morgan fingerprint density at radius 2 is 1.63 bits per heavy atom. The van der Waals surface area contributed by atoms with Crippen molar-refractivity contribution in [2.75, 3.05) is 24.7 Å². The number of hydrogen-bond acceptors (Lipinski definition) is 5. The fraction of sp³-hybridized carbons (Fsp3) is 0.129. The van der Waals surface area contributed by atoms with E-state index in [2.05, 4.69) is 15.5 Å². The Hall–Kier alpha value is -4.26. The lowest BCUT2D eigenvalue weighted by Gasteiger charge is -2.19. The predicted octanol–water partition coefficient (Wildman–Crippen LogP) is 7.32. The van der Waals surface area contributed by atoms with E-state index in [1.165, 1.54) is 0 Å². The van der Waals surface area contributed by atoms with Gasteiger partial charge in [0.05, 0.1) is 11.2 Å². The van der Waals surface area contributed by atoms with Crippen molar-refractivity contribution >= 4 is 45.7 Å². The Labute approximate surface area is 227 Å². The molecule has 0 saturated carbocycles. The maximum Gasteiger partial charge on any atom is 0.255 e. The van der Waals surface area contributed by atoms with Crippen LogP contribution in [-0.4, -0.2) is 34.9 Å². The van der Waals surface area contributed by atoms with Crippen LogP contribution in [0.3, 0.4) is 0 Å². The van der Waals surface area contributed by atoms with Crippen LogP contribution < -0.4 is 10.6 Å². The predicted molar refractivity (Wildman–Crippen MR) is 156 cm³/mol. The summed E-state index contributed by atoms with van der Waals surface area (Å²) in [7, 11) is 4.02. The van der Waals surface area contributed by atoms with E-state index in [0.29, 0.717) is 23.1 Å². The largest absolute Gasteiger partial charge is 0.324 e. The number of carbonyl (C=O) groups is 1. The Morgan fingerprint density at radius 1 is 0.868 bits per heavy atom. The number of amides is 1. The summed E-state index contributed by atoms with van der Waals surface area (Å²) in [5, 5.41) is 8.11. The van der Waals surface area contributed by atoms with Crippen molar-refractivity contribution in [1.82, 2.24) is 14.9 Å². The number of para-hydroxylation sites is 1. The topological polar surface area (TPSA) is 70.2 Å². The quantitative estimate of drug-likeness (QED) is 0.235. The van der Waals surface area contributed by atoms with Crippen LogP contribution in [0.15, 0.2) is 91.0 Å². The number of anilines is 3. The summed E-state index contributed by atoms with van der Waals surface area (Å²) < 4.78 is 0. The molecular weight excluding hydrogens is 494 g/mol. The molecule has 1 heterocycles. The van der Waals surface area contributed by atoms with Crippen molar-refractivity contribution in [3.63, 3.8) is 0 Å². The van der Waals surface area contributed by atoms with Gasteiger partial charge in [0, 0.05) is 39.5 Å². The molecule has 0 radical (unpaired) electrons. The van der Waals surface area contributed by atoms with Crippen LogP contribution in [0.25, 0.3) is 22.2 Å². The van der Waals surface area contributed by atoms with Crippen molar-refractivity contribution in [2.24, 2.45) is 0 Å². The normalized spacial score (nSPS) is 11.1. The SMILES string of the molecule is Cc1cc(Nc2nc(-c3cccc(Cl)c3)c3ccccc3n2)c(CN(C)C)cc1NC(=O)c1ccccc1. The highest BCUT2D eigenvalue weighted by Crippen LogP contribution is 2.32. The fourth-order valence-electron chi connectivity index (χ4n) is 4.37. The Balaban J connectivity index is 1.54. The van der Waals surface area contributed by atoms with Gasteiger partial charge in [-0.1, -0.05) is 60.1 Å². The second kappa shape index (κ2) is 11.0. The van der Waals surface area contributed by atoms with Crippen LogP contribution >= 0.6 is 11.6 Å². The van der Waals surface area contributed by atoms with E-state index in [1.807, 2.05) is 99.9 Å². The van der Waals surface area contributed by atoms with E-state index in [1.54, 1.807) is 12.1 Å². The van der Waals surface area contributed by atoms with Gasteiger partial charge in [0.15, 0.2) is 0 Å². The van der Waals surface area contributed by atoms with Crippen LogP contribution in [0.4, 0.5) is 17.3 Å². The maximum absolute atomic E-state index is 12.8. The monoisotopic (exact) mass is 521 g/mol. The molecule has 1 amide bonds.